The summed E-state index contributed by atoms with van der Waals surface area (Å²) in [5.41, 5.74) is 5.02. The highest BCUT2D eigenvalue weighted by atomic mass is 32.2. The molecule has 0 aliphatic carbocycles. The Kier molecular flexibility index (Phi) is 5.96. The first-order valence-electron chi connectivity index (χ1n) is 1.83. The topological polar surface area (TPSA) is 26.0 Å². The summed E-state index contributed by atoms with van der Waals surface area (Å²) in [4.78, 5) is 0. The Morgan fingerprint density at radius 3 is 2.86 bits per heavy atom. The SMILES string of the molecule is NC=CSCC=S. The second-order valence-corrected chi connectivity index (χ2v) is 2.10. The summed E-state index contributed by atoms with van der Waals surface area (Å²) >= 11 is 6.13. The van der Waals surface area contributed by atoms with E-state index in [1.165, 1.54) is 6.20 Å². The summed E-state index contributed by atoms with van der Waals surface area (Å²) in [5, 5.41) is 3.48. The van der Waals surface area contributed by atoms with Gasteiger partial charge in [0.05, 0.1) is 0 Å². The van der Waals surface area contributed by atoms with E-state index in [9.17, 15) is 0 Å². The smallest absolute Gasteiger partial charge is 0.0260 e. The lowest BCUT2D eigenvalue weighted by atomic mass is 11.0. The Balaban J connectivity index is 2.82. The van der Waals surface area contributed by atoms with Crippen LogP contribution in [0.4, 0.5) is 0 Å². The van der Waals surface area contributed by atoms with Crippen LogP contribution in [-0.4, -0.2) is 11.1 Å². The van der Waals surface area contributed by atoms with Gasteiger partial charge in [0, 0.05) is 12.0 Å². The Morgan fingerprint density at radius 1 is 1.71 bits per heavy atom. The van der Waals surface area contributed by atoms with Crippen LogP contribution in [0.25, 0.3) is 0 Å². The Labute approximate surface area is 53.0 Å². The summed E-state index contributed by atoms with van der Waals surface area (Å²) in [7, 11) is 0. The number of hydrogen-bond acceptors (Lipinski definition) is 3. The first kappa shape index (κ1) is 6.98. The molecule has 0 radical (unpaired) electrons. The molecule has 0 atom stereocenters. The lowest BCUT2D eigenvalue weighted by molar-refractivity contribution is 1.63. The van der Waals surface area contributed by atoms with Crippen molar-refractivity contribution in [2.75, 3.05) is 5.75 Å². The molecule has 1 nitrogen and oxygen atoms in total. The summed E-state index contributed by atoms with van der Waals surface area (Å²) in [6.07, 6.45) is 1.50. The predicted molar refractivity (Wildman–Crippen MR) is 39.4 cm³/mol. The van der Waals surface area contributed by atoms with Gasteiger partial charge in [0.2, 0.25) is 0 Å². The van der Waals surface area contributed by atoms with E-state index in [2.05, 4.69) is 12.2 Å². The van der Waals surface area contributed by atoms with Gasteiger partial charge >= 0.3 is 0 Å². The third-order valence-corrected chi connectivity index (χ3v) is 1.43. The van der Waals surface area contributed by atoms with Crippen LogP contribution in [0.1, 0.15) is 0 Å². The van der Waals surface area contributed by atoms with Gasteiger partial charge in [0.25, 0.3) is 0 Å². The van der Waals surface area contributed by atoms with Crippen molar-refractivity contribution in [2.24, 2.45) is 5.73 Å². The number of thioether (sulfide) groups is 1. The predicted octanol–water partition coefficient (Wildman–Crippen LogP) is 1.15. The lowest BCUT2D eigenvalue weighted by Gasteiger charge is -1.78. The van der Waals surface area contributed by atoms with Gasteiger partial charge in [0.15, 0.2) is 0 Å². The van der Waals surface area contributed by atoms with Crippen molar-refractivity contribution >= 4 is 29.3 Å². The molecule has 0 rings (SSSR count). The molecule has 2 N–H and O–H groups in total. The van der Waals surface area contributed by atoms with E-state index in [0.29, 0.717) is 0 Å². The molecule has 40 valence electrons. The van der Waals surface area contributed by atoms with Gasteiger partial charge < -0.3 is 5.73 Å². The quantitative estimate of drug-likeness (QED) is 0.462. The molecule has 0 aromatic heterocycles. The largest absolute Gasteiger partial charge is 0.404 e. The maximum atomic E-state index is 5.02. The van der Waals surface area contributed by atoms with Crippen molar-refractivity contribution in [2.45, 2.75) is 0 Å². The standard InChI is InChI=1S/C4H7NS2/c5-1-3-7-4-2-6/h1-3H,4-5H2. The average molecular weight is 133 g/mol. The number of rotatable bonds is 3. The van der Waals surface area contributed by atoms with E-state index in [0.717, 1.165) is 5.75 Å². The minimum atomic E-state index is 0.864. The summed E-state index contributed by atoms with van der Waals surface area (Å²) < 4.78 is 0. The minimum Gasteiger partial charge on any atom is -0.404 e. The highest BCUT2D eigenvalue weighted by Gasteiger charge is 1.69. The van der Waals surface area contributed by atoms with Crippen LogP contribution >= 0.6 is 24.0 Å². The molecule has 0 saturated carbocycles. The molecule has 0 fully saturated rings. The molecule has 0 aliphatic rings. The van der Waals surface area contributed by atoms with E-state index in [4.69, 9.17) is 5.73 Å². The van der Waals surface area contributed by atoms with Crippen LogP contribution in [-0.2, 0) is 0 Å². The summed E-state index contributed by atoms with van der Waals surface area (Å²) in [6.45, 7) is 0. The molecular formula is C4H7NS2. The zero-order valence-corrected chi connectivity index (χ0v) is 5.47. The van der Waals surface area contributed by atoms with E-state index in [1.807, 2.05) is 5.41 Å². The number of nitrogens with two attached hydrogens (primary N) is 1. The molecule has 0 aromatic rings. The molecule has 3 heteroatoms. The van der Waals surface area contributed by atoms with E-state index in [-0.39, 0.29) is 0 Å². The zero-order valence-electron chi connectivity index (χ0n) is 3.83. The molecular weight excluding hydrogens is 126 g/mol. The fourth-order valence-corrected chi connectivity index (χ4v) is 0.687. The third-order valence-electron chi connectivity index (χ3n) is 0.339. The van der Waals surface area contributed by atoms with Gasteiger partial charge in [-0.3, -0.25) is 0 Å². The summed E-state index contributed by atoms with van der Waals surface area (Å²) in [5.74, 6) is 0.864. The Bertz CT molecular complexity index is 70.1. The molecule has 0 aromatic carbocycles. The van der Waals surface area contributed by atoms with Gasteiger partial charge in [-0.2, -0.15) is 0 Å². The highest BCUT2D eigenvalue weighted by Crippen LogP contribution is 1.96. The number of thiocarbonyl (C=S) groups is 1. The molecule has 0 bridgehead atoms. The van der Waals surface area contributed by atoms with Gasteiger partial charge in [-0.25, -0.2) is 0 Å². The molecule has 0 aliphatic heterocycles. The minimum absolute atomic E-state index is 0.864. The average Bonchev–Trinajstić information content (AvgIpc) is 1.69. The van der Waals surface area contributed by atoms with Crippen molar-refractivity contribution in [1.82, 2.24) is 0 Å². The van der Waals surface area contributed by atoms with Crippen LogP contribution in [0.15, 0.2) is 11.6 Å². The molecule has 0 heterocycles. The third kappa shape index (κ3) is 5.98. The van der Waals surface area contributed by atoms with E-state index < -0.39 is 0 Å². The van der Waals surface area contributed by atoms with Gasteiger partial charge in [0.1, 0.15) is 0 Å². The molecule has 0 saturated heterocycles. The number of hydrogen-bond donors (Lipinski definition) is 1. The van der Waals surface area contributed by atoms with Gasteiger partial charge in [-0.15, -0.1) is 11.8 Å². The van der Waals surface area contributed by atoms with Crippen molar-refractivity contribution < 1.29 is 0 Å². The second kappa shape index (κ2) is 5.98. The van der Waals surface area contributed by atoms with E-state index in [1.54, 1.807) is 17.1 Å². The zero-order chi connectivity index (χ0) is 5.54. The van der Waals surface area contributed by atoms with Gasteiger partial charge in [-0.05, 0) is 10.8 Å². The van der Waals surface area contributed by atoms with Crippen LogP contribution < -0.4 is 5.73 Å². The van der Waals surface area contributed by atoms with Crippen molar-refractivity contribution in [3.8, 4) is 0 Å². The normalized spacial score (nSPS) is 9.71. The fourth-order valence-electron chi connectivity index (χ4n) is 0.150. The van der Waals surface area contributed by atoms with Crippen molar-refractivity contribution in [3.63, 3.8) is 0 Å². The first-order valence-corrected chi connectivity index (χ1v) is 3.36. The highest BCUT2D eigenvalue weighted by molar-refractivity contribution is 8.03. The summed E-state index contributed by atoms with van der Waals surface area (Å²) in [6, 6.07) is 0. The molecule has 7 heavy (non-hydrogen) atoms. The van der Waals surface area contributed by atoms with Crippen LogP contribution in [0.5, 0.6) is 0 Å². The molecule has 0 unspecified atom stereocenters. The molecule has 0 spiro atoms. The maximum absolute atomic E-state index is 5.02. The van der Waals surface area contributed by atoms with Gasteiger partial charge in [-0.1, -0.05) is 12.2 Å². The molecule has 0 amide bonds. The van der Waals surface area contributed by atoms with Crippen molar-refractivity contribution in [1.29, 1.82) is 0 Å². The maximum Gasteiger partial charge on any atom is 0.0260 e. The van der Waals surface area contributed by atoms with Crippen LogP contribution in [0.3, 0.4) is 0 Å². The van der Waals surface area contributed by atoms with Crippen LogP contribution in [0.2, 0.25) is 0 Å². The monoisotopic (exact) mass is 133 g/mol. The van der Waals surface area contributed by atoms with Crippen LogP contribution in [0, 0.1) is 0 Å². The first-order chi connectivity index (χ1) is 3.41. The fraction of sp³-hybridized carbons (Fsp3) is 0.250. The lowest BCUT2D eigenvalue weighted by Crippen LogP contribution is -1.74. The van der Waals surface area contributed by atoms with Crippen molar-refractivity contribution in [3.05, 3.63) is 11.6 Å². The second-order valence-electron chi connectivity index (χ2n) is 0.829. The Morgan fingerprint density at radius 2 is 2.43 bits per heavy atom. The Hall–Kier alpha value is -0.0200. The van der Waals surface area contributed by atoms with E-state index >= 15 is 0 Å².